The van der Waals surface area contributed by atoms with E-state index >= 15 is 0 Å². The van der Waals surface area contributed by atoms with Crippen molar-refractivity contribution in [3.63, 3.8) is 0 Å². The number of carbonyl (C=O) groups excluding carboxylic acids is 1. The topological polar surface area (TPSA) is 82.7 Å². The lowest BCUT2D eigenvalue weighted by Crippen LogP contribution is -2.50. The second-order valence-electron chi connectivity index (χ2n) is 7.95. The van der Waals surface area contributed by atoms with Gasteiger partial charge in [0.2, 0.25) is 5.91 Å². The van der Waals surface area contributed by atoms with E-state index in [-0.39, 0.29) is 23.8 Å². The Labute approximate surface area is 158 Å². The summed E-state index contributed by atoms with van der Waals surface area (Å²) in [7, 11) is 4.02. The van der Waals surface area contributed by atoms with Crippen molar-refractivity contribution in [2.24, 2.45) is 0 Å². The van der Waals surface area contributed by atoms with Gasteiger partial charge in [-0.15, -0.1) is 0 Å². The summed E-state index contributed by atoms with van der Waals surface area (Å²) in [4.78, 5) is 16.6. The van der Waals surface area contributed by atoms with Crippen LogP contribution >= 0.6 is 0 Å². The molecular formula is C20H26N4O3. The monoisotopic (exact) mass is 370 g/mol. The number of aliphatic hydroxyl groups excluding tert-OH is 1. The van der Waals surface area contributed by atoms with Crippen LogP contribution < -0.4 is 0 Å². The van der Waals surface area contributed by atoms with E-state index in [2.05, 4.69) is 32.0 Å². The van der Waals surface area contributed by atoms with Crippen LogP contribution in [0.2, 0.25) is 0 Å². The molecule has 0 unspecified atom stereocenters. The van der Waals surface area contributed by atoms with E-state index in [1.165, 1.54) is 11.1 Å². The van der Waals surface area contributed by atoms with Crippen molar-refractivity contribution in [3.05, 3.63) is 46.8 Å². The summed E-state index contributed by atoms with van der Waals surface area (Å²) in [6, 6.07) is 8.34. The number of likely N-dealkylation sites (N-methyl/N-ethyl adjacent to an activating group) is 1. The zero-order chi connectivity index (χ0) is 19.2. The van der Waals surface area contributed by atoms with Crippen LogP contribution in [0, 0.1) is 6.92 Å². The van der Waals surface area contributed by atoms with Crippen LogP contribution in [0.3, 0.4) is 0 Å². The van der Waals surface area contributed by atoms with Crippen LogP contribution in [0.1, 0.15) is 41.4 Å². The van der Waals surface area contributed by atoms with Gasteiger partial charge in [-0.05, 0) is 45.0 Å². The number of benzene rings is 1. The van der Waals surface area contributed by atoms with Gasteiger partial charge in [0.25, 0.3) is 0 Å². The Kier molecular flexibility index (Phi) is 4.52. The molecule has 1 aliphatic carbocycles. The summed E-state index contributed by atoms with van der Waals surface area (Å²) in [5.74, 6) is 0.0357. The van der Waals surface area contributed by atoms with Crippen molar-refractivity contribution >= 4 is 5.91 Å². The summed E-state index contributed by atoms with van der Waals surface area (Å²) in [5, 5.41) is 18.8. The molecule has 0 radical (unpaired) electrons. The number of fused-ring (bicyclic) bond motifs is 2. The number of amides is 1. The highest BCUT2D eigenvalue weighted by molar-refractivity contribution is 5.78. The smallest absolute Gasteiger partial charge is 0.228 e. The van der Waals surface area contributed by atoms with Crippen molar-refractivity contribution < 1.29 is 14.5 Å². The van der Waals surface area contributed by atoms with Crippen molar-refractivity contribution in [2.45, 2.75) is 43.7 Å². The standard InChI is InChI=1S/C20H26N4O3/c1-13-16(22-27-21-13)12-17(25)24-10-8-20(9-11-24)15-7-5-4-6-14(15)18(19(20)26)23(2)3/h4-7,18-19,26H,8-12H2,1-3H3/t18-,19+/m1/s1. The molecule has 7 nitrogen and oxygen atoms in total. The fraction of sp³-hybridized carbons (Fsp3) is 0.550. The van der Waals surface area contributed by atoms with E-state index in [0.717, 1.165) is 12.8 Å². The van der Waals surface area contributed by atoms with E-state index in [1.54, 1.807) is 6.92 Å². The molecule has 27 heavy (non-hydrogen) atoms. The lowest BCUT2D eigenvalue weighted by molar-refractivity contribution is -0.133. The first-order valence-electron chi connectivity index (χ1n) is 9.44. The number of likely N-dealkylation sites (tertiary alicyclic amines) is 1. The number of carbonyl (C=O) groups is 1. The van der Waals surface area contributed by atoms with Crippen molar-refractivity contribution in [2.75, 3.05) is 27.2 Å². The Morgan fingerprint density at radius 2 is 2.00 bits per heavy atom. The van der Waals surface area contributed by atoms with Gasteiger partial charge in [-0.1, -0.05) is 34.6 Å². The molecular weight excluding hydrogens is 344 g/mol. The maximum Gasteiger partial charge on any atom is 0.228 e. The summed E-state index contributed by atoms with van der Waals surface area (Å²) in [5.41, 5.74) is 3.41. The molecule has 2 aliphatic rings. The van der Waals surface area contributed by atoms with E-state index < -0.39 is 6.10 Å². The average Bonchev–Trinajstić information content (AvgIpc) is 3.16. The highest BCUT2D eigenvalue weighted by Crippen LogP contribution is 2.52. The van der Waals surface area contributed by atoms with E-state index in [9.17, 15) is 9.90 Å². The molecule has 7 heteroatoms. The van der Waals surface area contributed by atoms with Crippen LogP contribution in [0.5, 0.6) is 0 Å². The Morgan fingerprint density at radius 1 is 1.30 bits per heavy atom. The maximum atomic E-state index is 12.7. The first kappa shape index (κ1) is 18.1. The van der Waals surface area contributed by atoms with Gasteiger partial charge in [0.1, 0.15) is 11.4 Å². The van der Waals surface area contributed by atoms with E-state index in [4.69, 9.17) is 0 Å². The van der Waals surface area contributed by atoms with Crippen LogP contribution in [-0.2, 0) is 16.6 Å². The minimum Gasteiger partial charge on any atom is -0.390 e. The summed E-state index contributed by atoms with van der Waals surface area (Å²) >= 11 is 0. The number of piperidine rings is 1. The van der Waals surface area contributed by atoms with Gasteiger partial charge in [0.05, 0.1) is 18.6 Å². The molecule has 2 atom stereocenters. The zero-order valence-corrected chi connectivity index (χ0v) is 16.1. The minimum absolute atomic E-state index is 0.00712. The van der Waals surface area contributed by atoms with Gasteiger partial charge in [-0.3, -0.25) is 4.79 Å². The molecule has 2 heterocycles. The number of aryl methyl sites for hydroxylation is 1. The first-order chi connectivity index (χ1) is 12.9. The third kappa shape index (κ3) is 2.85. The van der Waals surface area contributed by atoms with Gasteiger partial charge in [-0.2, -0.15) is 0 Å². The molecule has 1 aliphatic heterocycles. The molecule has 1 spiro atoms. The zero-order valence-electron chi connectivity index (χ0n) is 16.1. The molecule has 0 saturated carbocycles. The second kappa shape index (κ2) is 6.73. The minimum atomic E-state index is -0.468. The third-order valence-corrected chi connectivity index (χ3v) is 6.31. The van der Waals surface area contributed by atoms with Crippen molar-refractivity contribution in [1.29, 1.82) is 0 Å². The molecule has 2 aromatic rings. The Balaban J connectivity index is 1.53. The highest BCUT2D eigenvalue weighted by atomic mass is 16.6. The number of nitrogens with zero attached hydrogens (tertiary/aromatic N) is 4. The normalized spacial score (nSPS) is 23.8. The number of aromatic nitrogens is 2. The first-order valence-corrected chi connectivity index (χ1v) is 9.44. The molecule has 1 amide bonds. The maximum absolute atomic E-state index is 12.7. The van der Waals surface area contributed by atoms with E-state index in [1.807, 2.05) is 31.1 Å². The Bertz CT molecular complexity index is 839. The third-order valence-electron chi connectivity index (χ3n) is 6.31. The summed E-state index contributed by atoms with van der Waals surface area (Å²) < 4.78 is 4.69. The Hall–Kier alpha value is -2.25. The van der Waals surface area contributed by atoms with Gasteiger partial charge < -0.3 is 14.9 Å². The molecule has 144 valence electrons. The van der Waals surface area contributed by atoms with Crippen LogP contribution in [-0.4, -0.2) is 64.4 Å². The van der Waals surface area contributed by atoms with Crippen LogP contribution in [0.4, 0.5) is 0 Å². The number of hydrogen-bond acceptors (Lipinski definition) is 6. The average molecular weight is 370 g/mol. The lowest BCUT2D eigenvalue weighted by atomic mass is 9.72. The highest BCUT2D eigenvalue weighted by Gasteiger charge is 2.53. The summed E-state index contributed by atoms with van der Waals surface area (Å²) in [6.45, 7) is 3.06. The van der Waals surface area contributed by atoms with Crippen LogP contribution in [0.15, 0.2) is 28.9 Å². The number of aliphatic hydroxyl groups is 1. The number of rotatable bonds is 3. The SMILES string of the molecule is Cc1nonc1CC(=O)N1CCC2(CC1)c1ccccc1[C@@H](N(C)C)[C@@H]2O. The lowest BCUT2D eigenvalue weighted by Gasteiger charge is -2.43. The summed E-state index contributed by atoms with van der Waals surface area (Å²) in [6.07, 6.45) is 1.26. The van der Waals surface area contributed by atoms with Gasteiger partial charge in [0, 0.05) is 18.5 Å². The van der Waals surface area contributed by atoms with E-state index in [0.29, 0.717) is 24.5 Å². The van der Waals surface area contributed by atoms with Gasteiger partial charge in [0.15, 0.2) is 0 Å². The molecule has 1 aromatic carbocycles. The molecule has 4 rings (SSSR count). The predicted octanol–water partition coefficient (Wildman–Crippen LogP) is 1.46. The molecule has 1 fully saturated rings. The van der Waals surface area contributed by atoms with Gasteiger partial charge >= 0.3 is 0 Å². The fourth-order valence-electron chi connectivity index (χ4n) is 4.79. The molecule has 1 aromatic heterocycles. The van der Waals surface area contributed by atoms with Crippen molar-refractivity contribution in [1.82, 2.24) is 20.1 Å². The molecule has 1 N–H and O–H groups in total. The quantitative estimate of drug-likeness (QED) is 0.881. The number of hydrogen-bond donors (Lipinski definition) is 1. The molecule has 1 saturated heterocycles. The Morgan fingerprint density at radius 3 is 2.63 bits per heavy atom. The van der Waals surface area contributed by atoms with Crippen LogP contribution in [0.25, 0.3) is 0 Å². The predicted molar refractivity (Wildman–Crippen MR) is 99.1 cm³/mol. The fourth-order valence-corrected chi connectivity index (χ4v) is 4.79. The molecule has 0 bridgehead atoms. The van der Waals surface area contributed by atoms with Gasteiger partial charge in [-0.25, -0.2) is 4.63 Å². The van der Waals surface area contributed by atoms with Crippen molar-refractivity contribution in [3.8, 4) is 0 Å². The second-order valence-corrected chi connectivity index (χ2v) is 7.95. The largest absolute Gasteiger partial charge is 0.390 e.